The van der Waals surface area contributed by atoms with Crippen LogP contribution in [-0.4, -0.2) is 43.1 Å². The number of methoxy groups -OCH3 is 1. The van der Waals surface area contributed by atoms with Gasteiger partial charge >= 0.3 is 6.03 Å². The lowest BCUT2D eigenvalue weighted by Gasteiger charge is -2.31. The van der Waals surface area contributed by atoms with Crippen molar-refractivity contribution in [2.24, 2.45) is 11.7 Å². The Morgan fingerprint density at radius 2 is 1.92 bits per heavy atom. The quantitative estimate of drug-likeness (QED) is 0.834. The van der Waals surface area contributed by atoms with Crippen LogP contribution < -0.4 is 15.8 Å². The van der Waals surface area contributed by atoms with E-state index in [2.05, 4.69) is 5.32 Å². The molecule has 1 unspecified atom stereocenters. The number of ether oxygens (including phenoxy) is 1. The SMILES string of the molecule is COc1ccc(CCC(C)NC(=O)N2CCC(C(N)=O)CC2)cc1. The minimum atomic E-state index is -0.261. The minimum absolute atomic E-state index is 0.0554. The molecule has 1 aliphatic rings. The van der Waals surface area contributed by atoms with Crippen molar-refractivity contribution >= 4 is 11.9 Å². The van der Waals surface area contributed by atoms with Crippen LogP contribution in [0.25, 0.3) is 0 Å². The van der Waals surface area contributed by atoms with Gasteiger partial charge in [0.2, 0.25) is 5.91 Å². The highest BCUT2D eigenvalue weighted by atomic mass is 16.5. The maximum absolute atomic E-state index is 12.3. The summed E-state index contributed by atoms with van der Waals surface area (Å²) in [6.07, 6.45) is 3.08. The van der Waals surface area contributed by atoms with Crippen molar-refractivity contribution < 1.29 is 14.3 Å². The van der Waals surface area contributed by atoms with E-state index in [4.69, 9.17) is 10.5 Å². The van der Waals surface area contributed by atoms with E-state index in [0.717, 1.165) is 18.6 Å². The second-order valence-electron chi connectivity index (χ2n) is 6.40. The zero-order valence-electron chi connectivity index (χ0n) is 14.5. The van der Waals surface area contributed by atoms with Gasteiger partial charge < -0.3 is 20.7 Å². The van der Waals surface area contributed by atoms with E-state index in [0.29, 0.717) is 25.9 Å². The summed E-state index contributed by atoms with van der Waals surface area (Å²) >= 11 is 0. The maximum Gasteiger partial charge on any atom is 0.317 e. The van der Waals surface area contributed by atoms with Gasteiger partial charge in [-0.25, -0.2) is 4.79 Å². The summed E-state index contributed by atoms with van der Waals surface area (Å²) in [6, 6.07) is 8.01. The Morgan fingerprint density at radius 3 is 2.46 bits per heavy atom. The molecular formula is C18H27N3O3. The van der Waals surface area contributed by atoms with Crippen LogP contribution in [0.2, 0.25) is 0 Å². The standard InChI is InChI=1S/C18H27N3O3/c1-13(3-4-14-5-7-16(24-2)8-6-14)20-18(23)21-11-9-15(10-12-21)17(19)22/h5-8,13,15H,3-4,9-12H2,1-2H3,(H2,19,22)(H,20,23). The van der Waals surface area contributed by atoms with Crippen LogP contribution >= 0.6 is 0 Å². The van der Waals surface area contributed by atoms with Gasteiger partial charge in [-0.05, 0) is 50.3 Å². The lowest BCUT2D eigenvalue weighted by Crippen LogP contribution is -2.48. The second-order valence-corrected chi connectivity index (χ2v) is 6.40. The molecule has 0 aromatic heterocycles. The Morgan fingerprint density at radius 1 is 1.29 bits per heavy atom. The predicted molar refractivity (Wildman–Crippen MR) is 92.8 cm³/mol. The number of primary amides is 1. The van der Waals surface area contributed by atoms with Crippen molar-refractivity contribution in [1.29, 1.82) is 0 Å². The van der Waals surface area contributed by atoms with E-state index in [1.807, 2.05) is 31.2 Å². The van der Waals surface area contributed by atoms with Crippen LogP contribution in [0.5, 0.6) is 5.75 Å². The number of carbonyl (C=O) groups is 2. The molecule has 24 heavy (non-hydrogen) atoms. The van der Waals surface area contributed by atoms with Crippen molar-refractivity contribution in [2.75, 3.05) is 20.2 Å². The summed E-state index contributed by atoms with van der Waals surface area (Å²) in [5, 5.41) is 3.03. The average molecular weight is 333 g/mol. The molecule has 1 atom stereocenters. The Kier molecular flexibility index (Phi) is 6.46. The number of urea groups is 1. The molecule has 1 fully saturated rings. The van der Waals surface area contributed by atoms with Crippen LogP contribution in [-0.2, 0) is 11.2 Å². The minimum Gasteiger partial charge on any atom is -0.497 e. The topological polar surface area (TPSA) is 84.7 Å². The van der Waals surface area contributed by atoms with Gasteiger partial charge in [0.1, 0.15) is 5.75 Å². The number of nitrogens with one attached hydrogen (secondary N) is 1. The van der Waals surface area contributed by atoms with Gasteiger partial charge in [0.25, 0.3) is 0 Å². The largest absolute Gasteiger partial charge is 0.497 e. The first kappa shape index (κ1) is 18.1. The maximum atomic E-state index is 12.3. The highest BCUT2D eigenvalue weighted by Crippen LogP contribution is 2.17. The van der Waals surface area contributed by atoms with Crippen LogP contribution in [0.15, 0.2) is 24.3 Å². The third kappa shape index (κ3) is 5.15. The molecule has 1 aliphatic heterocycles. The van der Waals surface area contributed by atoms with Crippen LogP contribution in [0.3, 0.4) is 0 Å². The fourth-order valence-electron chi connectivity index (χ4n) is 2.92. The molecule has 2 rings (SSSR count). The van der Waals surface area contributed by atoms with Gasteiger partial charge in [-0.2, -0.15) is 0 Å². The molecule has 132 valence electrons. The molecule has 0 bridgehead atoms. The summed E-state index contributed by atoms with van der Waals surface area (Å²) in [4.78, 5) is 25.2. The van der Waals surface area contributed by atoms with E-state index in [1.165, 1.54) is 5.56 Å². The number of rotatable bonds is 6. The van der Waals surface area contributed by atoms with Gasteiger partial charge in [-0.3, -0.25) is 4.79 Å². The van der Waals surface area contributed by atoms with Gasteiger partial charge in [-0.1, -0.05) is 12.1 Å². The number of likely N-dealkylation sites (tertiary alicyclic amines) is 1. The fourth-order valence-corrected chi connectivity index (χ4v) is 2.92. The van der Waals surface area contributed by atoms with E-state index >= 15 is 0 Å². The number of nitrogens with two attached hydrogens (primary N) is 1. The molecule has 3 amide bonds. The summed E-state index contributed by atoms with van der Waals surface area (Å²) in [5.41, 5.74) is 6.54. The lowest BCUT2D eigenvalue weighted by molar-refractivity contribution is -0.123. The number of benzene rings is 1. The van der Waals surface area contributed by atoms with E-state index in [-0.39, 0.29) is 23.9 Å². The fraction of sp³-hybridized carbons (Fsp3) is 0.556. The number of nitrogens with zero attached hydrogens (tertiary/aromatic N) is 1. The molecule has 0 radical (unpaired) electrons. The molecule has 1 saturated heterocycles. The molecule has 0 saturated carbocycles. The average Bonchev–Trinajstić information content (AvgIpc) is 2.60. The first-order chi connectivity index (χ1) is 11.5. The van der Waals surface area contributed by atoms with Gasteiger partial charge in [-0.15, -0.1) is 0 Å². The van der Waals surface area contributed by atoms with Crippen LogP contribution in [0, 0.1) is 5.92 Å². The van der Waals surface area contributed by atoms with Gasteiger partial charge in [0, 0.05) is 25.0 Å². The Balaban J connectivity index is 1.72. The second kappa shape index (κ2) is 8.57. The summed E-state index contributed by atoms with van der Waals surface area (Å²) in [5.74, 6) is 0.490. The molecule has 1 heterocycles. The third-order valence-electron chi connectivity index (χ3n) is 4.58. The Labute approximate surface area is 143 Å². The number of aryl methyl sites for hydroxylation is 1. The number of hydrogen-bond donors (Lipinski definition) is 2. The summed E-state index contributed by atoms with van der Waals surface area (Å²) in [7, 11) is 1.65. The van der Waals surface area contributed by atoms with Crippen molar-refractivity contribution in [3.8, 4) is 5.75 Å². The van der Waals surface area contributed by atoms with E-state index in [9.17, 15) is 9.59 Å². The first-order valence-electron chi connectivity index (χ1n) is 8.47. The molecule has 6 nitrogen and oxygen atoms in total. The molecule has 0 aliphatic carbocycles. The van der Waals surface area contributed by atoms with Gasteiger partial charge in [0.15, 0.2) is 0 Å². The number of piperidine rings is 1. The van der Waals surface area contributed by atoms with Crippen molar-refractivity contribution in [3.05, 3.63) is 29.8 Å². The van der Waals surface area contributed by atoms with Gasteiger partial charge in [0.05, 0.1) is 7.11 Å². The summed E-state index contributed by atoms with van der Waals surface area (Å²) in [6.45, 7) is 3.19. The van der Waals surface area contributed by atoms with Crippen molar-refractivity contribution in [1.82, 2.24) is 10.2 Å². The van der Waals surface area contributed by atoms with Crippen LogP contribution in [0.1, 0.15) is 31.7 Å². The number of hydrogen-bond acceptors (Lipinski definition) is 3. The van der Waals surface area contributed by atoms with Crippen molar-refractivity contribution in [2.45, 2.75) is 38.6 Å². The third-order valence-corrected chi connectivity index (χ3v) is 4.58. The first-order valence-corrected chi connectivity index (χ1v) is 8.47. The molecule has 1 aromatic carbocycles. The Bertz CT molecular complexity index is 551. The van der Waals surface area contributed by atoms with Crippen molar-refractivity contribution in [3.63, 3.8) is 0 Å². The van der Waals surface area contributed by atoms with E-state index in [1.54, 1.807) is 12.0 Å². The summed E-state index contributed by atoms with van der Waals surface area (Å²) < 4.78 is 5.15. The normalized spacial score (nSPS) is 16.5. The Hall–Kier alpha value is -2.24. The highest BCUT2D eigenvalue weighted by Gasteiger charge is 2.26. The number of carbonyl (C=O) groups excluding carboxylic acids is 2. The molecule has 0 spiro atoms. The molecular weight excluding hydrogens is 306 g/mol. The van der Waals surface area contributed by atoms with Crippen LogP contribution in [0.4, 0.5) is 4.79 Å². The molecule has 1 aromatic rings. The lowest BCUT2D eigenvalue weighted by atomic mass is 9.96. The molecule has 3 N–H and O–H groups in total. The smallest absolute Gasteiger partial charge is 0.317 e. The number of amides is 3. The monoisotopic (exact) mass is 333 g/mol. The zero-order chi connectivity index (χ0) is 17.5. The predicted octanol–water partition coefficient (Wildman–Crippen LogP) is 1.92. The highest BCUT2D eigenvalue weighted by molar-refractivity contribution is 5.78. The molecule has 6 heteroatoms. The van der Waals surface area contributed by atoms with E-state index < -0.39 is 0 Å². The zero-order valence-corrected chi connectivity index (χ0v) is 14.5.